The molecule has 6 heteroatoms. The molecule has 3 nitrogen and oxygen atoms in total. The van der Waals surface area contributed by atoms with E-state index in [4.69, 9.17) is 28.9 Å². The van der Waals surface area contributed by atoms with Crippen LogP contribution >= 0.6 is 39.1 Å². The fourth-order valence-electron chi connectivity index (χ4n) is 1.70. The Balaban J connectivity index is 2.32. The molecule has 104 valence electrons. The Morgan fingerprint density at radius 1 is 1.25 bits per heavy atom. The standard InChI is InChI=1S/C14H11BrCl2N2O/c1-7-4-12(18)11(17)6-13(7)19-14(20)9-5-8(16)2-3-10(9)15/h2-6H,18H2,1H3,(H,19,20). The molecule has 20 heavy (non-hydrogen) atoms. The zero-order valence-corrected chi connectivity index (χ0v) is 13.6. The summed E-state index contributed by atoms with van der Waals surface area (Å²) in [7, 11) is 0. The lowest BCUT2D eigenvalue weighted by molar-refractivity contribution is 0.102. The first-order valence-corrected chi connectivity index (χ1v) is 7.25. The molecule has 1 amide bonds. The van der Waals surface area contributed by atoms with Crippen LogP contribution in [0.15, 0.2) is 34.8 Å². The highest BCUT2D eigenvalue weighted by atomic mass is 79.9. The SMILES string of the molecule is Cc1cc(N)c(Cl)cc1NC(=O)c1cc(Cl)ccc1Br. The highest BCUT2D eigenvalue weighted by Gasteiger charge is 2.13. The third-order valence-electron chi connectivity index (χ3n) is 2.76. The van der Waals surface area contributed by atoms with Gasteiger partial charge in [0.05, 0.1) is 16.3 Å². The number of nitrogen functional groups attached to an aromatic ring is 1. The molecule has 2 aromatic carbocycles. The predicted molar refractivity (Wildman–Crippen MR) is 87.7 cm³/mol. The van der Waals surface area contributed by atoms with Gasteiger partial charge in [-0.15, -0.1) is 0 Å². The summed E-state index contributed by atoms with van der Waals surface area (Å²) in [6.07, 6.45) is 0. The second kappa shape index (κ2) is 6.04. The van der Waals surface area contributed by atoms with Crippen molar-refractivity contribution in [2.24, 2.45) is 0 Å². The molecule has 0 aromatic heterocycles. The second-order valence-corrected chi connectivity index (χ2v) is 5.96. The first kappa shape index (κ1) is 15.2. The number of carbonyl (C=O) groups excluding carboxylic acids is 1. The summed E-state index contributed by atoms with van der Waals surface area (Å²) in [4.78, 5) is 12.3. The van der Waals surface area contributed by atoms with Gasteiger partial charge in [-0.2, -0.15) is 0 Å². The van der Waals surface area contributed by atoms with Gasteiger partial charge in [0.2, 0.25) is 0 Å². The quantitative estimate of drug-likeness (QED) is 0.735. The summed E-state index contributed by atoms with van der Waals surface area (Å²) in [5, 5.41) is 3.69. The fourth-order valence-corrected chi connectivity index (χ4v) is 2.46. The number of nitrogens with two attached hydrogens (primary N) is 1. The lowest BCUT2D eigenvalue weighted by atomic mass is 10.1. The molecule has 0 saturated heterocycles. The summed E-state index contributed by atoms with van der Waals surface area (Å²) in [5.74, 6) is -0.275. The van der Waals surface area contributed by atoms with Crippen LogP contribution in [0.1, 0.15) is 15.9 Å². The van der Waals surface area contributed by atoms with Gasteiger partial charge in [0.25, 0.3) is 5.91 Å². The van der Waals surface area contributed by atoms with E-state index in [0.29, 0.717) is 31.5 Å². The molecule has 0 saturated carbocycles. The van der Waals surface area contributed by atoms with Gasteiger partial charge in [-0.3, -0.25) is 4.79 Å². The van der Waals surface area contributed by atoms with Crippen molar-refractivity contribution in [3.63, 3.8) is 0 Å². The van der Waals surface area contributed by atoms with Gasteiger partial charge in [0, 0.05) is 15.2 Å². The second-order valence-electron chi connectivity index (χ2n) is 4.27. The largest absolute Gasteiger partial charge is 0.398 e. The van der Waals surface area contributed by atoms with Gasteiger partial charge in [-0.05, 0) is 58.7 Å². The van der Waals surface area contributed by atoms with Crippen molar-refractivity contribution < 1.29 is 4.79 Å². The minimum Gasteiger partial charge on any atom is -0.398 e. The first-order valence-electron chi connectivity index (χ1n) is 5.70. The molecule has 2 rings (SSSR count). The number of carbonyl (C=O) groups is 1. The van der Waals surface area contributed by atoms with Gasteiger partial charge < -0.3 is 11.1 Å². The van der Waals surface area contributed by atoms with E-state index in [1.165, 1.54) is 0 Å². The van der Waals surface area contributed by atoms with Crippen molar-refractivity contribution >= 4 is 56.4 Å². The summed E-state index contributed by atoms with van der Waals surface area (Å²) < 4.78 is 0.665. The van der Waals surface area contributed by atoms with Crippen LogP contribution in [0.5, 0.6) is 0 Å². The highest BCUT2D eigenvalue weighted by Crippen LogP contribution is 2.28. The normalized spacial score (nSPS) is 10.4. The van der Waals surface area contributed by atoms with E-state index in [2.05, 4.69) is 21.2 Å². The van der Waals surface area contributed by atoms with E-state index in [1.54, 1.807) is 30.3 Å². The summed E-state index contributed by atoms with van der Waals surface area (Å²) >= 11 is 15.2. The molecular formula is C14H11BrCl2N2O. The van der Waals surface area contributed by atoms with Crippen molar-refractivity contribution in [3.8, 4) is 0 Å². The number of hydrogen-bond donors (Lipinski definition) is 2. The average Bonchev–Trinajstić information content (AvgIpc) is 2.38. The number of aryl methyl sites for hydroxylation is 1. The van der Waals surface area contributed by atoms with E-state index < -0.39 is 0 Å². The van der Waals surface area contributed by atoms with Crippen LogP contribution in [0.4, 0.5) is 11.4 Å². The molecule has 0 heterocycles. The zero-order chi connectivity index (χ0) is 14.9. The lowest BCUT2D eigenvalue weighted by Crippen LogP contribution is -2.13. The molecular weight excluding hydrogens is 363 g/mol. The molecule has 3 N–H and O–H groups in total. The lowest BCUT2D eigenvalue weighted by Gasteiger charge is -2.11. The minimum atomic E-state index is -0.275. The number of benzene rings is 2. The number of hydrogen-bond acceptors (Lipinski definition) is 2. The number of nitrogens with one attached hydrogen (secondary N) is 1. The van der Waals surface area contributed by atoms with E-state index in [0.717, 1.165) is 5.56 Å². The monoisotopic (exact) mass is 372 g/mol. The molecule has 0 atom stereocenters. The fraction of sp³-hybridized carbons (Fsp3) is 0.0714. The topological polar surface area (TPSA) is 55.1 Å². The first-order chi connectivity index (χ1) is 9.38. The van der Waals surface area contributed by atoms with Crippen LogP contribution in [0.2, 0.25) is 10.0 Å². The maximum absolute atomic E-state index is 12.3. The Morgan fingerprint density at radius 2 is 1.95 bits per heavy atom. The maximum Gasteiger partial charge on any atom is 0.256 e. The van der Waals surface area contributed by atoms with Gasteiger partial charge >= 0.3 is 0 Å². The van der Waals surface area contributed by atoms with Crippen LogP contribution in [0, 0.1) is 6.92 Å². The molecule has 0 aliphatic heterocycles. The van der Waals surface area contributed by atoms with E-state index >= 15 is 0 Å². The number of amides is 1. The zero-order valence-electron chi connectivity index (χ0n) is 10.5. The van der Waals surface area contributed by atoms with Crippen molar-refractivity contribution in [1.82, 2.24) is 0 Å². The van der Waals surface area contributed by atoms with Crippen molar-refractivity contribution in [1.29, 1.82) is 0 Å². The van der Waals surface area contributed by atoms with Gasteiger partial charge in [0.15, 0.2) is 0 Å². The van der Waals surface area contributed by atoms with E-state index in [-0.39, 0.29) is 5.91 Å². The van der Waals surface area contributed by atoms with Crippen molar-refractivity contribution in [2.45, 2.75) is 6.92 Å². The van der Waals surface area contributed by atoms with Crippen LogP contribution in [-0.4, -0.2) is 5.91 Å². The smallest absolute Gasteiger partial charge is 0.256 e. The Kier molecular flexibility index (Phi) is 4.58. The van der Waals surface area contributed by atoms with Gasteiger partial charge in [0.1, 0.15) is 0 Å². The third kappa shape index (κ3) is 3.26. The van der Waals surface area contributed by atoms with Crippen LogP contribution < -0.4 is 11.1 Å². The molecule has 0 bridgehead atoms. The van der Waals surface area contributed by atoms with Crippen LogP contribution in [-0.2, 0) is 0 Å². The molecule has 0 aliphatic carbocycles. The summed E-state index contributed by atoms with van der Waals surface area (Å²) in [6, 6.07) is 8.36. The van der Waals surface area contributed by atoms with Crippen LogP contribution in [0.3, 0.4) is 0 Å². The van der Waals surface area contributed by atoms with E-state index in [9.17, 15) is 4.79 Å². The molecule has 2 aromatic rings. The Bertz CT molecular complexity index is 689. The van der Waals surface area contributed by atoms with Gasteiger partial charge in [-0.1, -0.05) is 23.2 Å². The number of rotatable bonds is 2. The maximum atomic E-state index is 12.3. The Hall–Kier alpha value is -1.23. The predicted octanol–water partition coefficient (Wildman–Crippen LogP) is 4.90. The minimum absolute atomic E-state index is 0.275. The van der Waals surface area contributed by atoms with Crippen LogP contribution in [0.25, 0.3) is 0 Å². The average molecular weight is 374 g/mol. The van der Waals surface area contributed by atoms with Crippen molar-refractivity contribution in [2.75, 3.05) is 11.1 Å². The summed E-state index contributed by atoms with van der Waals surface area (Å²) in [5.41, 5.74) is 8.08. The Labute approximate surface area is 135 Å². The molecule has 0 aliphatic rings. The Morgan fingerprint density at radius 3 is 2.65 bits per heavy atom. The molecule has 0 radical (unpaired) electrons. The highest BCUT2D eigenvalue weighted by molar-refractivity contribution is 9.10. The van der Waals surface area contributed by atoms with Gasteiger partial charge in [-0.25, -0.2) is 0 Å². The molecule has 0 fully saturated rings. The molecule has 0 unspecified atom stereocenters. The van der Waals surface area contributed by atoms with E-state index in [1.807, 2.05) is 6.92 Å². The number of halogens is 3. The number of anilines is 2. The van der Waals surface area contributed by atoms with Crippen molar-refractivity contribution in [3.05, 3.63) is 56.0 Å². The summed E-state index contributed by atoms with van der Waals surface area (Å²) in [6.45, 7) is 1.84. The molecule has 0 spiro atoms. The third-order valence-corrected chi connectivity index (χ3v) is 4.02.